The molecule has 8 nitrogen and oxygen atoms in total. The van der Waals surface area contributed by atoms with Crippen LogP contribution in [-0.2, 0) is 19.1 Å². The SMILES string of the molecule is COc1ccc(OC)c(NC(=O)COC(=O)[C@@H]2CC(=O)N(c3cccc(C)c3)C2)c1. The fourth-order valence-corrected chi connectivity index (χ4v) is 3.26. The maximum Gasteiger partial charge on any atom is 0.311 e. The molecule has 0 radical (unpaired) electrons. The van der Waals surface area contributed by atoms with Crippen molar-refractivity contribution in [2.24, 2.45) is 5.92 Å². The molecule has 2 aromatic rings. The maximum atomic E-state index is 12.4. The first kappa shape index (κ1) is 21.2. The zero-order valence-corrected chi connectivity index (χ0v) is 17.1. The lowest BCUT2D eigenvalue weighted by Crippen LogP contribution is -2.28. The first-order valence-corrected chi connectivity index (χ1v) is 9.47. The van der Waals surface area contributed by atoms with E-state index < -0.39 is 24.4 Å². The highest BCUT2D eigenvalue weighted by molar-refractivity contribution is 6.00. The van der Waals surface area contributed by atoms with E-state index in [-0.39, 0.29) is 18.9 Å². The van der Waals surface area contributed by atoms with Crippen LogP contribution in [0.5, 0.6) is 11.5 Å². The second-order valence-corrected chi connectivity index (χ2v) is 6.97. The van der Waals surface area contributed by atoms with Crippen molar-refractivity contribution < 1.29 is 28.6 Å². The Hall–Kier alpha value is -3.55. The molecule has 1 heterocycles. The van der Waals surface area contributed by atoms with E-state index in [9.17, 15) is 14.4 Å². The zero-order chi connectivity index (χ0) is 21.7. The van der Waals surface area contributed by atoms with Gasteiger partial charge in [-0.05, 0) is 36.8 Å². The molecule has 2 aromatic carbocycles. The van der Waals surface area contributed by atoms with Gasteiger partial charge in [-0.25, -0.2) is 0 Å². The largest absolute Gasteiger partial charge is 0.497 e. The number of esters is 1. The number of nitrogens with zero attached hydrogens (tertiary/aromatic N) is 1. The van der Waals surface area contributed by atoms with Gasteiger partial charge in [-0.2, -0.15) is 0 Å². The molecule has 0 aliphatic carbocycles. The molecule has 1 N–H and O–H groups in total. The smallest absolute Gasteiger partial charge is 0.311 e. The standard InChI is InChI=1S/C22H24N2O6/c1-14-5-4-6-16(9-14)24-12-15(10-21(24)26)22(27)30-13-20(25)23-18-11-17(28-2)7-8-19(18)29-3/h4-9,11,15H,10,12-13H2,1-3H3,(H,23,25)/t15-/m1/s1. The predicted octanol–water partition coefficient (Wildman–Crippen LogP) is 2.55. The fraction of sp³-hybridized carbons (Fsp3) is 0.318. The summed E-state index contributed by atoms with van der Waals surface area (Å²) in [4.78, 5) is 38.5. The summed E-state index contributed by atoms with van der Waals surface area (Å²) in [6.07, 6.45) is 0.0537. The number of carbonyl (C=O) groups excluding carboxylic acids is 3. The third kappa shape index (κ3) is 4.89. The van der Waals surface area contributed by atoms with E-state index in [1.54, 1.807) is 23.1 Å². The number of ether oxygens (including phenoxy) is 3. The monoisotopic (exact) mass is 412 g/mol. The fourth-order valence-electron chi connectivity index (χ4n) is 3.26. The molecular weight excluding hydrogens is 388 g/mol. The van der Waals surface area contributed by atoms with Crippen LogP contribution in [0.25, 0.3) is 0 Å². The third-order valence-electron chi connectivity index (χ3n) is 4.80. The van der Waals surface area contributed by atoms with E-state index in [2.05, 4.69) is 5.32 Å². The molecule has 0 saturated carbocycles. The van der Waals surface area contributed by atoms with Gasteiger partial charge >= 0.3 is 5.97 Å². The number of amides is 2. The van der Waals surface area contributed by atoms with Crippen molar-refractivity contribution in [1.29, 1.82) is 0 Å². The van der Waals surface area contributed by atoms with Crippen LogP contribution in [0.4, 0.5) is 11.4 Å². The lowest BCUT2D eigenvalue weighted by Gasteiger charge is -2.17. The molecule has 0 unspecified atom stereocenters. The van der Waals surface area contributed by atoms with E-state index in [1.807, 2.05) is 31.2 Å². The Morgan fingerprint density at radius 3 is 2.63 bits per heavy atom. The van der Waals surface area contributed by atoms with Crippen LogP contribution in [0.3, 0.4) is 0 Å². The quantitative estimate of drug-likeness (QED) is 0.703. The number of rotatable bonds is 7. The summed E-state index contributed by atoms with van der Waals surface area (Å²) < 4.78 is 15.5. The third-order valence-corrected chi connectivity index (χ3v) is 4.80. The van der Waals surface area contributed by atoms with Crippen molar-refractivity contribution in [3.63, 3.8) is 0 Å². The van der Waals surface area contributed by atoms with E-state index in [0.29, 0.717) is 17.2 Å². The highest BCUT2D eigenvalue weighted by Gasteiger charge is 2.36. The van der Waals surface area contributed by atoms with Gasteiger partial charge in [0.25, 0.3) is 5.91 Å². The van der Waals surface area contributed by atoms with E-state index in [4.69, 9.17) is 14.2 Å². The Labute approximate surface area is 174 Å². The zero-order valence-electron chi connectivity index (χ0n) is 17.1. The summed E-state index contributed by atoms with van der Waals surface area (Å²) in [5, 5.41) is 2.63. The highest BCUT2D eigenvalue weighted by Crippen LogP contribution is 2.29. The summed E-state index contributed by atoms with van der Waals surface area (Å²) in [7, 11) is 2.99. The Balaban J connectivity index is 1.56. The number of methoxy groups -OCH3 is 2. The van der Waals surface area contributed by atoms with E-state index >= 15 is 0 Å². The Morgan fingerprint density at radius 1 is 1.13 bits per heavy atom. The van der Waals surface area contributed by atoms with Crippen LogP contribution in [0.15, 0.2) is 42.5 Å². The molecule has 8 heteroatoms. The molecule has 1 fully saturated rings. The van der Waals surface area contributed by atoms with Gasteiger partial charge in [0.15, 0.2) is 6.61 Å². The maximum absolute atomic E-state index is 12.4. The molecule has 1 saturated heterocycles. The van der Waals surface area contributed by atoms with Crippen molar-refractivity contribution >= 4 is 29.2 Å². The Morgan fingerprint density at radius 2 is 1.93 bits per heavy atom. The minimum Gasteiger partial charge on any atom is -0.497 e. The molecule has 0 aromatic heterocycles. The Kier molecular flexibility index (Phi) is 6.56. The van der Waals surface area contributed by atoms with Crippen molar-refractivity contribution in [2.75, 3.05) is 37.6 Å². The van der Waals surface area contributed by atoms with Crippen molar-refractivity contribution in [2.45, 2.75) is 13.3 Å². The second kappa shape index (κ2) is 9.30. The van der Waals surface area contributed by atoms with E-state index in [0.717, 1.165) is 11.3 Å². The number of hydrogen-bond donors (Lipinski definition) is 1. The first-order chi connectivity index (χ1) is 14.4. The van der Waals surface area contributed by atoms with Gasteiger partial charge in [0.2, 0.25) is 5.91 Å². The lowest BCUT2D eigenvalue weighted by atomic mass is 10.1. The first-order valence-electron chi connectivity index (χ1n) is 9.47. The molecule has 3 rings (SSSR count). The summed E-state index contributed by atoms with van der Waals surface area (Å²) in [6.45, 7) is 1.70. The van der Waals surface area contributed by atoms with Gasteiger partial charge in [-0.3, -0.25) is 14.4 Å². The summed E-state index contributed by atoms with van der Waals surface area (Å²) in [5.41, 5.74) is 2.17. The average Bonchev–Trinajstić information content (AvgIpc) is 3.13. The van der Waals surface area contributed by atoms with Gasteiger partial charge in [-0.1, -0.05) is 12.1 Å². The van der Waals surface area contributed by atoms with Gasteiger partial charge in [0.1, 0.15) is 11.5 Å². The molecular formula is C22H24N2O6. The van der Waals surface area contributed by atoms with E-state index in [1.165, 1.54) is 14.2 Å². The molecule has 1 aliphatic rings. The van der Waals surface area contributed by atoms with Crippen molar-refractivity contribution in [1.82, 2.24) is 0 Å². The van der Waals surface area contributed by atoms with Crippen LogP contribution in [0, 0.1) is 12.8 Å². The predicted molar refractivity (Wildman–Crippen MR) is 111 cm³/mol. The van der Waals surface area contributed by atoms with Gasteiger partial charge < -0.3 is 24.4 Å². The summed E-state index contributed by atoms with van der Waals surface area (Å²) >= 11 is 0. The van der Waals surface area contributed by atoms with Crippen LogP contribution in [0.1, 0.15) is 12.0 Å². The molecule has 158 valence electrons. The minimum absolute atomic E-state index is 0.0537. The second-order valence-electron chi connectivity index (χ2n) is 6.97. The van der Waals surface area contributed by atoms with Crippen LogP contribution in [0.2, 0.25) is 0 Å². The number of benzene rings is 2. The van der Waals surface area contributed by atoms with Crippen molar-refractivity contribution in [3.05, 3.63) is 48.0 Å². The number of anilines is 2. The highest BCUT2D eigenvalue weighted by atomic mass is 16.5. The summed E-state index contributed by atoms with van der Waals surface area (Å²) in [5.74, 6) is -0.860. The van der Waals surface area contributed by atoms with Gasteiger partial charge in [-0.15, -0.1) is 0 Å². The van der Waals surface area contributed by atoms with Gasteiger partial charge in [0, 0.05) is 24.7 Å². The average molecular weight is 412 g/mol. The normalized spacial score (nSPS) is 15.6. The van der Waals surface area contributed by atoms with Crippen LogP contribution >= 0.6 is 0 Å². The molecule has 1 aliphatic heterocycles. The molecule has 0 bridgehead atoms. The number of nitrogens with one attached hydrogen (secondary N) is 1. The number of carbonyl (C=O) groups is 3. The number of hydrogen-bond acceptors (Lipinski definition) is 6. The molecule has 30 heavy (non-hydrogen) atoms. The molecule has 1 atom stereocenters. The Bertz CT molecular complexity index is 958. The van der Waals surface area contributed by atoms with Crippen LogP contribution < -0.4 is 19.7 Å². The lowest BCUT2D eigenvalue weighted by molar-refractivity contribution is -0.151. The van der Waals surface area contributed by atoms with Crippen LogP contribution in [-0.4, -0.2) is 45.2 Å². The van der Waals surface area contributed by atoms with Gasteiger partial charge in [0.05, 0.1) is 25.8 Å². The molecule has 0 spiro atoms. The molecule has 2 amide bonds. The number of aryl methyl sites for hydroxylation is 1. The van der Waals surface area contributed by atoms with Crippen molar-refractivity contribution in [3.8, 4) is 11.5 Å². The minimum atomic E-state index is -0.614. The topological polar surface area (TPSA) is 94.2 Å². The summed E-state index contributed by atoms with van der Waals surface area (Å²) in [6, 6.07) is 12.5.